The van der Waals surface area contributed by atoms with E-state index in [1.54, 1.807) is 6.07 Å². The van der Waals surface area contributed by atoms with Gasteiger partial charge < -0.3 is 10.5 Å². The largest absolute Gasteiger partial charge is 0.488 e. The van der Waals surface area contributed by atoms with Gasteiger partial charge >= 0.3 is 0 Å². The van der Waals surface area contributed by atoms with Gasteiger partial charge in [-0.3, -0.25) is 10.1 Å². The third-order valence-corrected chi connectivity index (χ3v) is 3.93. The third-order valence-electron chi connectivity index (χ3n) is 3.07. The molecule has 1 aromatic carbocycles. The van der Waals surface area contributed by atoms with Crippen LogP contribution in [0.3, 0.4) is 0 Å². The lowest BCUT2D eigenvalue weighted by molar-refractivity contribution is -0.385. The molecule has 1 rings (SSSR count). The maximum Gasteiger partial charge on any atom is 0.286 e. The van der Waals surface area contributed by atoms with E-state index in [0.717, 1.165) is 12.8 Å². The van der Waals surface area contributed by atoms with E-state index in [2.05, 4.69) is 6.92 Å². The average molecular weight is 392 g/mol. The molecule has 0 aliphatic carbocycles. The first-order valence-electron chi connectivity index (χ1n) is 6.85. The van der Waals surface area contributed by atoms with Gasteiger partial charge in [-0.15, -0.1) is 0 Å². The minimum absolute atomic E-state index is 0.00817. The molecular weight excluding hydrogens is 371 g/mol. The SMILES string of the molecule is CCCCCC[C@H](C)Oc1cc([N+](=O)[O-])c(I)cc1N. The lowest BCUT2D eigenvalue weighted by Gasteiger charge is -2.16. The highest BCUT2D eigenvalue weighted by Crippen LogP contribution is 2.32. The van der Waals surface area contributed by atoms with E-state index < -0.39 is 4.92 Å². The monoisotopic (exact) mass is 392 g/mol. The Labute approximate surface area is 133 Å². The van der Waals surface area contributed by atoms with Crippen molar-refractivity contribution in [1.82, 2.24) is 0 Å². The molecule has 112 valence electrons. The van der Waals surface area contributed by atoms with E-state index in [1.165, 1.54) is 25.3 Å². The van der Waals surface area contributed by atoms with E-state index in [9.17, 15) is 10.1 Å². The Bertz CT molecular complexity index is 466. The molecule has 0 unspecified atom stereocenters. The molecule has 0 amide bonds. The minimum Gasteiger partial charge on any atom is -0.488 e. The number of anilines is 1. The second-order valence-electron chi connectivity index (χ2n) is 4.88. The van der Waals surface area contributed by atoms with Crippen LogP contribution in [0.4, 0.5) is 11.4 Å². The molecule has 0 bridgehead atoms. The number of unbranched alkanes of at least 4 members (excludes halogenated alkanes) is 3. The van der Waals surface area contributed by atoms with Crippen LogP contribution in [-0.2, 0) is 0 Å². The summed E-state index contributed by atoms with van der Waals surface area (Å²) < 4.78 is 6.26. The Hall–Kier alpha value is -1.05. The maximum absolute atomic E-state index is 10.9. The highest BCUT2D eigenvalue weighted by molar-refractivity contribution is 14.1. The van der Waals surface area contributed by atoms with Crippen molar-refractivity contribution >= 4 is 34.0 Å². The van der Waals surface area contributed by atoms with Crippen LogP contribution < -0.4 is 10.5 Å². The van der Waals surface area contributed by atoms with Crippen LogP contribution in [-0.4, -0.2) is 11.0 Å². The molecule has 0 aliphatic rings. The summed E-state index contributed by atoms with van der Waals surface area (Å²) in [7, 11) is 0. The molecule has 0 radical (unpaired) electrons. The molecule has 1 aromatic rings. The van der Waals surface area contributed by atoms with Gasteiger partial charge in [0, 0.05) is 0 Å². The summed E-state index contributed by atoms with van der Waals surface area (Å²) in [4.78, 5) is 10.5. The zero-order chi connectivity index (χ0) is 15.1. The maximum atomic E-state index is 10.9. The van der Waals surface area contributed by atoms with Crippen LogP contribution in [0, 0.1) is 13.7 Å². The van der Waals surface area contributed by atoms with E-state index in [1.807, 2.05) is 29.5 Å². The summed E-state index contributed by atoms with van der Waals surface area (Å²) in [5, 5.41) is 10.9. The number of benzene rings is 1. The van der Waals surface area contributed by atoms with Gasteiger partial charge in [-0.1, -0.05) is 26.2 Å². The Kier molecular flexibility index (Phi) is 7.04. The molecule has 0 aliphatic heterocycles. The number of hydrogen-bond acceptors (Lipinski definition) is 4. The van der Waals surface area contributed by atoms with E-state index >= 15 is 0 Å². The van der Waals surface area contributed by atoms with E-state index in [0.29, 0.717) is 15.0 Å². The zero-order valence-electron chi connectivity index (χ0n) is 11.9. The minimum atomic E-state index is -0.417. The van der Waals surface area contributed by atoms with Crippen LogP contribution in [0.1, 0.15) is 46.0 Å². The van der Waals surface area contributed by atoms with Gasteiger partial charge in [0.25, 0.3) is 5.69 Å². The van der Waals surface area contributed by atoms with Crippen molar-refractivity contribution in [2.45, 2.75) is 52.1 Å². The van der Waals surface area contributed by atoms with Gasteiger partial charge in [0.05, 0.1) is 26.4 Å². The van der Waals surface area contributed by atoms with Gasteiger partial charge in [-0.05, 0) is 48.4 Å². The molecule has 1 atom stereocenters. The first-order valence-corrected chi connectivity index (χ1v) is 7.93. The van der Waals surface area contributed by atoms with Crippen molar-refractivity contribution in [1.29, 1.82) is 0 Å². The Morgan fingerprint density at radius 1 is 1.40 bits per heavy atom. The van der Waals surface area contributed by atoms with Gasteiger partial charge in [-0.25, -0.2) is 0 Å². The molecule has 0 heterocycles. The normalized spacial score (nSPS) is 12.2. The molecule has 6 heteroatoms. The Balaban J connectivity index is 2.67. The number of ether oxygens (including phenoxy) is 1. The Morgan fingerprint density at radius 3 is 2.70 bits per heavy atom. The molecule has 0 fully saturated rings. The third kappa shape index (κ3) is 5.15. The number of halogens is 1. The number of nitro benzene ring substituents is 1. The van der Waals surface area contributed by atoms with Crippen LogP contribution in [0.15, 0.2) is 12.1 Å². The van der Waals surface area contributed by atoms with Crippen molar-refractivity contribution in [3.05, 3.63) is 25.8 Å². The molecule has 0 aromatic heterocycles. The number of rotatable bonds is 8. The molecule has 0 saturated carbocycles. The molecular formula is C14H21IN2O3. The van der Waals surface area contributed by atoms with Crippen LogP contribution in [0.5, 0.6) is 5.75 Å². The van der Waals surface area contributed by atoms with Crippen LogP contribution in [0.2, 0.25) is 0 Å². The summed E-state index contributed by atoms with van der Waals surface area (Å²) in [6.45, 7) is 4.14. The molecule has 5 nitrogen and oxygen atoms in total. The highest BCUT2D eigenvalue weighted by Gasteiger charge is 2.17. The lowest BCUT2D eigenvalue weighted by atomic mass is 10.1. The number of nitro groups is 1. The Morgan fingerprint density at radius 2 is 2.10 bits per heavy atom. The smallest absolute Gasteiger partial charge is 0.286 e. The summed E-state index contributed by atoms with van der Waals surface area (Å²) >= 11 is 1.91. The first kappa shape index (κ1) is 17.0. The van der Waals surface area contributed by atoms with Crippen molar-refractivity contribution in [3.63, 3.8) is 0 Å². The second-order valence-corrected chi connectivity index (χ2v) is 6.04. The predicted octanol–water partition coefficient (Wildman–Crippen LogP) is 4.52. The van der Waals surface area contributed by atoms with Crippen molar-refractivity contribution in [2.75, 3.05) is 5.73 Å². The standard InChI is InChI=1S/C14H21IN2O3/c1-3-4-5-6-7-10(2)20-14-9-13(17(18)19)11(15)8-12(14)16/h8-10H,3-7,16H2,1-2H3/t10-/m0/s1. The van der Waals surface area contributed by atoms with Gasteiger partial charge in [-0.2, -0.15) is 0 Å². The summed E-state index contributed by atoms with van der Waals surface area (Å²) in [5.74, 6) is 0.403. The van der Waals surface area contributed by atoms with Crippen molar-refractivity contribution in [2.24, 2.45) is 0 Å². The van der Waals surface area contributed by atoms with E-state index in [4.69, 9.17) is 10.5 Å². The average Bonchev–Trinajstić information content (AvgIpc) is 2.37. The molecule has 0 saturated heterocycles. The molecule has 2 N–H and O–H groups in total. The molecule has 0 spiro atoms. The topological polar surface area (TPSA) is 78.4 Å². The van der Waals surface area contributed by atoms with Crippen molar-refractivity contribution in [3.8, 4) is 5.75 Å². The van der Waals surface area contributed by atoms with Gasteiger partial charge in [0.2, 0.25) is 0 Å². The van der Waals surface area contributed by atoms with Crippen LogP contribution in [0.25, 0.3) is 0 Å². The number of nitrogens with zero attached hydrogens (tertiary/aromatic N) is 1. The fourth-order valence-corrected chi connectivity index (χ4v) is 2.62. The van der Waals surface area contributed by atoms with Gasteiger partial charge in [0.1, 0.15) is 5.75 Å². The lowest BCUT2D eigenvalue weighted by Crippen LogP contribution is -2.13. The quantitative estimate of drug-likeness (QED) is 0.232. The number of nitrogen functional groups attached to an aromatic ring is 1. The predicted molar refractivity (Wildman–Crippen MR) is 89.1 cm³/mol. The second kappa shape index (κ2) is 8.28. The molecule has 20 heavy (non-hydrogen) atoms. The fraction of sp³-hybridized carbons (Fsp3) is 0.571. The summed E-state index contributed by atoms with van der Waals surface area (Å²) in [5.41, 5.74) is 6.34. The van der Waals surface area contributed by atoms with Crippen LogP contribution >= 0.6 is 22.6 Å². The van der Waals surface area contributed by atoms with E-state index in [-0.39, 0.29) is 11.8 Å². The summed E-state index contributed by atoms with van der Waals surface area (Å²) in [6, 6.07) is 3.00. The number of nitrogens with two attached hydrogens (primary N) is 1. The number of hydrogen-bond donors (Lipinski definition) is 1. The summed E-state index contributed by atoms with van der Waals surface area (Å²) in [6.07, 6.45) is 5.65. The first-order chi connectivity index (χ1) is 9.45. The fourth-order valence-electron chi connectivity index (χ4n) is 1.93. The highest BCUT2D eigenvalue weighted by atomic mass is 127. The zero-order valence-corrected chi connectivity index (χ0v) is 14.1. The van der Waals surface area contributed by atoms with Gasteiger partial charge in [0.15, 0.2) is 0 Å². The van der Waals surface area contributed by atoms with Crippen molar-refractivity contribution < 1.29 is 9.66 Å².